The van der Waals surface area contributed by atoms with Crippen molar-refractivity contribution in [3.8, 4) is 5.75 Å². The van der Waals surface area contributed by atoms with Crippen LogP contribution in [0.5, 0.6) is 5.75 Å². The van der Waals surface area contributed by atoms with Gasteiger partial charge in [-0.2, -0.15) is 0 Å². The van der Waals surface area contributed by atoms with Gasteiger partial charge < -0.3 is 4.74 Å². The lowest BCUT2D eigenvalue weighted by Gasteiger charge is -2.13. The van der Waals surface area contributed by atoms with Gasteiger partial charge in [-0.1, -0.05) is 29.3 Å². The molecule has 1 aliphatic rings. The molecule has 1 aliphatic heterocycles. The van der Waals surface area contributed by atoms with Crippen molar-refractivity contribution >= 4 is 29.3 Å². The van der Waals surface area contributed by atoms with Gasteiger partial charge in [-0.15, -0.1) is 0 Å². The van der Waals surface area contributed by atoms with Crippen LogP contribution >= 0.6 is 23.2 Å². The zero-order valence-corrected chi connectivity index (χ0v) is 7.69. The van der Waals surface area contributed by atoms with E-state index < -0.39 is 0 Å². The lowest BCUT2D eigenvalue weighted by atomic mass is 10.1. The monoisotopic (exact) mass is 200 g/mol. The molecular weight excluding hydrogens is 195 g/mol. The average Bonchev–Trinajstić information content (AvgIpc) is 2.04. The molecule has 0 saturated heterocycles. The highest BCUT2D eigenvalue weighted by molar-refractivity contribution is 6.35. The molecule has 3 heteroatoms. The van der Waals surface area contributed by atoms with Gasteiger partial charge in [-0.25, -0.2) is 0 Å². The van der Waals surface area contributed by atoms with Crippen LogP contribution in [-0.4, -0.2) is 6.61 Å². The number of halogens is 2. The molecule has 62 valence electrons. The van der Waals surface area contributed by atoms with Crippen molar-refractivity contribution in [2.75, 3.05) is 6.61 Å². The van der Waals surface area contributed by atoms with Crippen molar-refractivity contribution < 1.29 is 4.74 Å². The molecule has 12 heavy (non-hydrogen) atoms. The quantitative estimate of drug-likeness (QED) is 0.624. The number of hydrogen-bond donors (Lipinski definition) is 0. The van der Waals surface area contributed by atoms with E-state index in [1.54, 1.807) is 6.07 Å². The number of rotatable bonds is 0. The molecule has 0 N–H and O–H groups in total. The summed E-state index contributed by atoms with van der Waals surface area (Å²) in [6.45, 7) is 0.578. The normalized spacial score (nSPS) is 13.8. The fraction of sp³-hybridized carbons (Fsp3) is 0.111. The summed E-state index contributed by atoms with van der Waals surface area (Å²) < 4.78 is 5.33. The summed E-state index contributed by atoms with van der Waals surface area (Å²) in [5.41, 5.74) is 0.943. The Bertz CT molecular complexity index is 345. The number of hydrogen-bond acceptors (Lipinski definition) is 1. The molecule has 0 spiro atoms. The SMILES string of the molecule is Clc1cc(Cl)c2c(c1)C=CCO2. The van der Waals surface area contributed by atoms with Gasteiger partial charge in [-0.05, 0) is 18.2 Å². The van der Waals surface area contributed by atoms with Crippen molar-refractivity contribution in [3.05, 3.63) is 33.8 Å². The lowest BCUT2D eigenvalue weighted by Crippen LogP contribution is -2.00. The first-order valence-electron chi connectivity index (χ1n) is 3.56. The van der Waals surface area contributed by atoms with Gasteiger partial charge >= 0.3 is 0 Å². The van der Waals surface area contributed by atoms with E-state index in [-0.39, 0.29) is 0 Å². The van der Waals surface area contributed by atoms with Crippen molar-refractivity contribution in [3.63, 3.8) is 0 Å². The Balaban J connectivity index is 2.62. The first-order chi connectivity index (χ1) is 5.77. The lowest BCUT2D eigenvalue weighted by molar-refractivity contribution is 0.359. The molecular formula is C9H6Cl2O. The zero-order chi connectivity index (χ0) is 8.55. The number of benzene rings is 1. The summed E-state index contributed by atoms with van der Waals surface area (Å²) >= 11 is 11.7. The fourth-order valence-electron chi connectivity index (χ4n) is 1.16. The Morgan fingerprint density at radius 1 is 1.25 bits per heavy atom. The van der Waals surface area contributed by atoms with Crippen LogP contribution in [0.2, 0.25) is 10.0 Å². The van der Waals surface area contributed by atoms with Crippen LogP contribution in [0, 0.1) is 0 Å². The molecule has 1 aromatic carbocycles. The molecule has 2 rings (SSSR count). The molecule has 0 radical (unpaired) electrons. The average molecular weight is 201 g/mol. The number of ether oxygens (including phenoxy) is 1. The molecule has 1 nitrogen and oxygen atoms in total. The second-order valence-corrected chi connectivity index (χ2v) is 3.36. The maximum absolute atomic E-state index is 5.90. The van der Waals surface area contributed by atoms with Crippen LogP contribution in [0.1, 0.15) is 5.56 Å². The van der Waals surface area contributed by atoms with Gasteiger partial charge in [0.2, 0.25) is 0 Å². The first kappa shape index (κ1) is 7.96. The first-order valence-corrected chi connectivity index (χ1v) is 4.31. The van der Waals surface area contributed by atoms with Crippen LogP contribution in [0.4, 0.5) is 0 Å². The van der Waals surface area contributed by atoms with E-state index in [0.717, 1.165) is 11.3 Å². The third-order valence-corrected chi connectivity index (χ3v) is 2.16. The largest absolute Gasteiger partial charge is 0.487 e. The van der Waals surface area contributed by atoms with E-state index in [9.17, 15) is 0 Å². The van der Waals surface area contributed by atoms with Crippen LogP contribution < -0.4 is 4.74 Å². The summed E-state index contributed by atoms with van der Waals surface area (Å²) in [6.07, 6.45) is 3.88. The van der Waals surface area contributed by atoms with Gasteiger partial charge in [0.25, 0.3) is 0 Å². The minimum Gasteiger partial charge on any atom is -0.487 e. The molecule has 1 heterocycles. The number of fused-ring (bicyclic) bond motifs is 1. The minimum atomic E-state index is 0.571. The van der Waals surface area contributed by atoms with E-state index in [1.807, 2.05) is 18.2 Å². The molecule has 0 saturated carbocycles. The fourth-order valence-corrected chi connectivity index (χ4v) is 1.73. The Morgan fingerprint density at radius 3 is 2.92 bits per heavy atom. The molecule has 0 aliphatic carbocycles. The van der Waals surface area contributed by atoms with Crippen molar-refractivity contribution in [2.24, 2.45) is 0 Å². The highest BCUT2D eigenvalue weighted by atomic mass is 35.5. The van der Waals surface area contributed by atoms with Crippen molar-refractivity contribution in [2.45, 2.75) is 0 Å². The summed E-state index contributed by atoms with van der Waals surface area (Å²) in [6, 6.07) is 3.51. The second kappa shape index (κ2) is 3.00. The summed E-state index contributed by atoms with van der Waals surface area (Å²) in [4.78, 5) is 0. The molecule has 0 amide bonds. The van der Waals surface area contributed by atoms with Gasteiger partial charge in [-0.3, -0.25) is 0 Å². The smallest absolute Gasteiger partial charge is 0.145 e. The Morgan fingerprint density at radius 2 is 2.08 bits per heavy atom. The molecule has 1 aromatic rings. The van der Waals surface area contributed by atoms with E-state index in [4.69, 9.17) is 27.9 Å². The summed E-state index contributed by atoms with van der Waals surface area (Å²) in [7, 11) is 0. The third kappa shape index (κ3) is 1.30. The van der Waals surface area contributed by atoms with Crippen molar-refractivity contribution in [1.29, 1.82) is 0 Å². The van der Waals surface area contributed by atoms with Gasteiger partial charge in [0.05, 0.1) is 5.02 Å². The van der Waals surface area contributed by atoms with Gasteiger partial charge in [0, 0.05) is 10.6 Å². The minimum absolute atomic E-state index is 0.571. The summed E-state index contributed by atoms with van der Waals surface area (Å²) in [5, 5.41) is 1.20. The standard InChI is InChI=1S/C9H6Cl2O/c10-7-4-6-2-1-3-12-9(6)8(11)5-7/h1-2,4-5H,3H2. The molecule has 0 atom stereocenters. The molecule has 0 fully saturated rings. The Labute approximate surface area is 80.6 Å². The van der Waals surface area contributed by atoms with Crippen LogP contribution in [0.25, 0.3) is 6.08 Å². The van der Waals surface area contributed by atoms with Crippen molar-refractivity contribution in [1.82, 2.24) is 0 Å². The maximum Gasteiger partial charge on any atom is 0.145 e. The molecule has 0 aromatic heterocycles. The van der Waals surface area contributed by atoms with E-state index in [1.165, 1.54) is 0 Å². The highest BCUT2D eigenvalue weighted by Crippen LogP contribution is 2.34. The second-order valence-electron chi connectivity index (χ2n) is 2.52. The van der Waals surface area contributed by atoms with E-state index in [2.05, 4.69) is 0 Å². The zero-order valence-electron chi connectivity index (χ0n) is 6.18. The highest BCUT2D eigenvalue weighted by Gasteiger charge is 2.10. The van der Waals surface area contributed by atoms with E-state index >= 15 is 0 Å². The van der Waals surface area contributed by atoms with Crippen LogP contribution in [-0.2, 0) is 0 Å². The molecule has 0 unspecified atom stereocenters. The van der Waals surface area contributed by atoms with Crippen LogP contribution in [0.15, 0.2) is 18.2 Å². The predicted molar refractivity (Wildman–Crippen MR) is 51.0 cm³/mol. The van der Waals surface area contributed by atoms with Gasteiger partial charge in [0.15, 0.2) is 0 Å². The third-order valence-electron chi connectivity index (χ3n) is 1.66. The topological polar surface area (TPSA) is 9.23 Å². The van der Waals surface area contributed by atoms with E-state index in [0.29, 0.717) is 16.7 Å². The van der Waals surface area contributed by atoms with Gasteiger partial charge in [0.1, 0.15) is 12.4 Å². The Hall–Kier alpha value is -0.660. The van der Waals surface area contributed by atoms with Crippen LogP contribution in [0.3, 0.4) is 0 Å². The maximum atomic E-state index is 5.90. The summed E-state index contributed by atoms with van der Waals surface area (Å²) in [5.74, 6) is 0.726. The molecule has 0 bridgehead atoms. The Kier molecular flexibility index (Phi) is 1.99. The predicted octanol–water partition coefficient (Wildman–Crippen LogP) is 3.40.